The molecule has 0 radical (unpaired) electrons. The molecule has 0 amide bonds. The van der Waals surface area contributed by atoms with E-state index in [1.54, 1.807) is 6.20 Å². The molecule has 0 saturated carbocycles. The lowest BCUT2D eigenvalue weighted by Crippen LogP contribution is -2.51. The van der Waals surface area contributed by atoms with Crippen LogP contribution in [0.25, 0.3) is 11.4 Å². The van der Waals surface area contributed by atoms with Gasteiger partial charge in [0.2, 0.25) is 0 Å². The van der Waals surface area contributed by atoms with Crippen molar-refractivity contribution in [3.05, 3.63) is 36.0 Å². The van der Waals surface area contributed by atoms with Crippen molar-refractivity contribution in [3.8, 4) is 11.4 Å². The van der Waals surface area contributed by atoms with E-state index in [4.69, 9.17) is 4.98 Å². The number of anilines is 2. The van der Waals surface area contributed by atoms with Gasteiger partial charge in [0.05, 0.1) is 11.9 Å². The van der Waals surface area contributed by atoms with Crippen molar-refractivity contribution in [2.45, 2.75) is 25.9 Å². The average molecular weight is 337 g/mol. The Morgan fingerprint density at radius 1 is 1.32 bits per heavy atom. The molecule has 130 valence electrons. The molecule has 25 heavy (non-hydrogen) atoms. The Bertz CT molecular complexity index is 787. The quantitative estimate of drug-likeness (QED) is 0.816. The summed E-state index contributed by atoms with van der Waals surface area (Å²) in [5.41, 5.74) is 3.12. The highest BCUT2D eigenvalue weighted by Gasteiger charge is 2.33. The number of hydrogen-bond donors (Lipinski definition) is 2. The smallest absolute Gasteiger partial charge is 0.162 e. The summed E-state index contributed by atoms with van der Waals surface area (Å²) in [6, 6.07) is 8.26. The van der Waals surface area contributed by atoms with Gasteiger partial charge in [-0.05, 0) is 11.5 Å². The second kappa shape index (κ2) is 6.44. The van der Waals surface area contributed by atoms with Gasteiger partial charge in [0.25, 0.3) is 0 Å². The Labute approximate surface area is 147 Å². The van der Waals surface area contributed by atoms with Crippen LogP contribution in [0.4, 0.5) is 11.5 Å². The van der Waals surface area contributed by atoms with Crippen LogP contribution >= 0.6 is 0 Å². The molecule has 4 rings (SSSR count). The Morgan fingerprint density at radius 2 is 2.12 bits per heavy atom. The predicted molar refractivity (Wildman–Crippen MR) is 98.7 cm³/mol. The van der Waals surface area contributed by atoms with Crippen molar-refractivity contribution in [2.24, 2.45) is 5.92 Å². The fourth-order valence-corrected chi connectivity index (χ4v) is 3.46. The van der Waals surface area contributed by atoms with Gasteiger partial charge in [-0.2, -0.15) is 0 Å². The summed E-state index contributed by atoms with van der Waals surface area (Å²) in [6.45, 7) is 7.15. The Hall–Kier alpha value is -2.47. The van der Waals surface area contributed by atoms with Crippen molar-refractivity contribution in [3.63, 3.8) is 0 Å². The van der Waals surface area contributed by atoms with Crippen molar-refractivity contribution in [1.29, 1.82) is 0 Å². The summed E-state index contributed by atoms with van der Waals surface area (Å²) < 4.78 is 0. The lowest BCUT2D eigenvalue weighted by atomic mass is 9.97. The van der Waals surface area contributed by atoms with Gasteiger partial charge >= 0.3 is 0 Å². The lowest BCUT2D eigenvalue weighted by Gasteiger charge is -2.33. The number of nitrogens with one attached hydrogen (secondary N) is 2. The van der Waals surface area contributed by atoms with Crippen LogP contribution in [0.1, 0.15) is 25.3 Å². The number of aromatic nitrogens is 2. The van der Waals surface area contributed by atoms with Gasteiger partial charge in [-0.1, -0.05) is 38.1 Å². The molecule has 6 nitrogen and oxygen atoms in total. The largest absolute Gasteiger partial charge is 0.355 e. The second-order valence-corrected chi connectivity index (χ2v) is 7.07. The van der Waals surface area contributed by atoms with Crippen LogP contribution < -0.4 is 15.5 Å². The third-order valence-corrected chi connectivity index (χ3v) is 4.95. The predicted octanol–water partition coefficient (Wildman–Crippen LogP) is 2.24. The van der Waals surface area contributed by atoms with Crippen molar-refractivity contribution >= 4 is 17.8 Å². The van der Waals surface area contributed by atoms with E-state index < -0.39 is 0 Å². The lowest BCUT2D eigenvalue weighted by molar-refractivity contribution is -0.108. The van der Waals surface area contributed by atoms with E-state index >= 15 is 0 Å². The summed E-state index contributed by atoms with van der Waals surface area (Å²) in [5.74, 6) is 2.49. The van der Waals surface area contributed by atoms with Crippen LogP contribution in [-0.4, -0.2) is 42.1 Å². The van der Waals surface area contributed by atoms with E-state index in [1.165, 1.54) is 5.56 Å². The summed E-state index contributed by atoms with van der Waals surface area (Å²) in [4.78, 5) is 23.0. The maximum Gasteiger partial charge on any atom is 0.162 e. The number of nitrogens with zero attached hydrogens (tertiary/aromatic N) is 3. The van der Waals surface area contributed by atoms with E-state index in [0.717, 1.165) is 43.0 Å². The van der Waals surface area contributed by atoms with E-state index in [1.807, 2.05) is 12.1 Å². The highest BCUT2D eigenvalue weighted by atomic mass is 16.1. The van der Waals surface area contributed by atoms with Crippen LogP contribution in [0.3, 0.4) is 0 Å². The topological polar surface area (TPSA) is 70.2 Å². The number of benzene rings is 1. The monoisotopic (exact) mass is 337 g/mol. The number of carbonyl (C=O) groups is 1. The molecule has 0 spiro atoms. The first-order chi connectivity index (χ1) is 12.2. The zero-order valence-corrected chi connectivity index (χ0v) is 14.6. The number of rotatable bonds is 5. The molecule has 6 heteroatoms. The van der Waals surface area contributed by atoms with E-state index in [2.05, 4.69) is 46.5 Å². The molecular formula is C19H23N5O. The molecule has 2 aliphatic heterocycles. The Morgan fingerprint density at radius 3 is 2.80 bits per heavy atom. The SMILES string of the molecule is CC(C)c1ccccc1-c1ncc2c(n1)N(CC1CNC1)C(C=O)N2. The highest BCUT2D eigenvalue weighted by Crippen LogP contribution is 2.35. The molecule has 0 aliphatic carbocycles. The van der Waals surface area contributed by atoms with Crippen LogP contribution in [0, 0.1) is 5.92 Å². The van der Waals surface area contributed by atoms with E-state index in [-0.39, 0.29) is 6.17 Å². The molecule has 2 N–H and O–H groups in total. The molecular weight excluding hydrogens is 314 g/mol. The highest BCUT2D eigenvalue weighted by molar-refractivity contribution is 5.83. The number of fused-ring (bicyclic) bond motifs is 1. The molecule has 0 bridgehead atoms. The van der Waals surface area contributed by atoms with Crippen LogP contribution in [0.2, 0.25) is 0 Å². The van der Waals surface area contributed by atoms with Crippen LogP contribution in [0.15, 0.2) is 30.5 Å². The molecule has 2 aliphatic rings. The van der Waals surface area contributed by atoms with Crippen LogP contribution in [-0.2, 0) is 4.79 Å². The summed E-state index contributed by atoms with van der Waals surface area (Å²) in [5, 5.41) is 6.50. The zero-order chi connectivity index (χ0) is 17.4. The molecule has 1 atom stereocenters. The molecule has 2 aromatic rings. The number of aldehydes is 1. The first kappa shape index (κ1) is 16.0. The average Bonchev–Trinajstić information content (AvgIpc) is 2.94. The van der Waals surface area contributed by atoms with Crippen molar-refractivity contribution < 1.29 is 4.79 Å². The summed E-state index contributed by atoms with van der Waals surface area (Å²) in [7, 11) is 0. The molecule has 1 aromatic carbocycles. The van der Waals surface area contributed by atoms with E-state index in [0.29, 0.717) is 17.7 Å². The van der Waals surface area contributed by atoms with Gasteiger partial charge in [0.1, 0.15) is 0 Å². The third kappa shape index (κ3) is 2.87. The van der Waals surface area contributed by atoms with Crippen LogP contribution in [0.5, 0.6) is 0 Å². The van der Waals surface area contributed by atoms with Crippen molar-refractivity contribution in [2.75, 3.05) is 29.9 Å². The zero-order valence-electron chi connectivity index (χ0n) is 14.6. The molecule has 1 saturated heterocycles. The standard InChI is InChI=1S/C19H23N5O/c1-12(2)14-5-3-4-6-15(14)18-21-9-16-19(23-18)24(17(11-25)22-16)10-13-7-20-8-13/h3-6,9,11-13,17,20,22H,7-8,10H2,1-2H3. The first-order valence-electron chi connectivity index (χ1n) is 8.83. The third-order valence-electron chi connectivity index (χ3n) is 4.95. The Balaban J connectivity index is 1.72. The van der Waals surface area contributed by atoms with Gasteiger partial charge in [0.15, 0.2) is 24.1 Å². The van der Waals surface area contributed by atoms with Crippen molar-refractivity contribution in [1.82, 2.24) is 15.3 Å². The molecule has 1 aromatic heterocycles. The normalized spacial score (nSPS) is 19.5. The molecule has 1 fully saturated rings. The fraction of sp³-hybridized carbons (Fsp3) is 0.421. The molecule has 3 heterocycles. The minimum Gasteiger partial charge on any atom is -0.355 e. The van der Waals surface area contributed by atoms with Gasteiger partial charge in [0, 0.05) is 31.1 Å². The fourth-order valence-electron chi connectivity index (χ4n) is 3.46. The minimum atomic E-state index is -0.361. The maximum atomic E-state index is 11.5. The van der Waals surface area contributed by atoms with Gasteiger partial charge in [-0.3, -0.25) is 4.79 Å². The second-order valence-electron chi connectivity index (χ2n) is 7.07. The van der Waals surface area contributed by atoms with Gasteiger partial charge in [-0.15, -0.1) is 0 Å². The maximum absolute atomic E-state index is 11.5. The number of carbonyl (C=O) groups excluding carboxylic acids is 1. The Kier molecular flexibility index (Phi) is 4.13. The minimum absolute atomic E-state index is 0.361. The number of hydrogen-bond acceptors (Lipinski definition) is 6. The van der Waals surface area contributed by atoms with Gasteiger partial charge in [-0.25, -0.2) is 9.97 Å². The molecule has 1 unspecified atom stereocenters. The summed E-state index contributed by atoms with van der Waals surface area (Å²) in [6.07, 6.45) is 2.38. The van der Waals surface area contributed by atoms with Gasteiger partial charge < -0.3 is 15.5 Å². The summed E-state index contributed by atoms with van der Waals surface area (Å²) >= 11 is 0. The first-order valence-corrected chi connectivity index (χ1v) is 8.83. The van der Waals surface area contributed by atoms with E-state index in [9.17, 15) is 4.79 Å².